The summed E-state index contributed by atoms with van der Waals surface area (Å²) < 4.78 is 25.9. The SMILES string of the molecule is O=[N+]([O-])c1ccc(F)c(F)c1NCCO. The second-order valence-electron chi connectivity index (χ2n) is 2.66. The number of aliphatic hydroxyl groups is 1. The van der Waals surface area contributed by atoms with Crippen LogP contribution in [0.2, 0.25) is 0 Å². The summed E-state index contributed by atoms with van der Waals surface area (Å²) in [5, 5.41) is 21.2. The minimum Gasteiger partial charge on any atom is -0.395 e. The molecular weight excluding hydrogens is 210 g/mol. The van der Waals surface area contributed by atoms with E-state index in [4.69, 9.17) is 5.11 Å². The van der Waals surface area contributed by atoms with Gasteiger partial charge in [-0.05, 0) is 6.07 Å². The van der Waals surface area contributed by atoms with Gasteiger partial charge in [0.2, 0.25) is 0 Å². The van der Waals surface area contributed by atoms with Crippen LogP contribution >= 0.6 is 0 Å². The first-order chi connectivity index (χ1) is 7.07. The van der Waals surface area contributed by atoms with Crippen LogP contribution in [0.3, 0.4) is 0 Å². The van der Waals surface area contributed by atoms with Gasteiger partial charge in [0.25, 0.3) is 5.69 Å². The smallest absolute Gasteiger partial charge is 0.295 e. The molecule has 0 saturated carbocycles. The van der Waals surface area contributed by atoms with Crippen molar-refractivity contribution in [1.82, 2.24) is 0 Å². The molecule has 0 amide bonds. The first-order valence-electron chi connectivity index (χ1n) is 4.05. The van der Waals surface area contributed by atoms with Crippen molar-refractivity contribution in [1.29, 1.82) is 0 Å². The van der Waals surface area contributed by atoms with Gasteiger partial charge in [0, 0.05) is 12.6 Å². The number of hydrogen-bond acceptors (Lipinski definition) is 4. The predicted molar refractivity (Wildman–Crippen MR) is 48.6 cm³/mol. The summed E-state index contributed by atoms with van der Waals surface area (Å²) in [6, 6.07) is 1.54. The largest absolute Gasteiger partial charge is 0.395 e. The molecular formula is C8H8F2N2O3. The fraction of sp³-hybridized carbons (Fsp3) is 0.250. The van der Waals surface area contributed by atoms with Gasteiger partial charge in [0.15, 0.2) is 17.3 Å². The van der Waals surface area contributed by atoms with Crippen LogP contribution in [0.1, 0.15) is 0 Å². The Bertz CT molecular complexity index is 384. The third-order valence-corrected chi connectivity index (χ3v) is 1.68. The molecule has 2 N–H and O–H groups in total. The Kier molecular flexibility index (Phi) is 3.51. The monoisotopic (exact) mass is 218 g/mol. The minimum absolute atomic E-state index is 0.0960. The maximum absolute atomic E-state index is 13.1. The van der Waals surface area contributed by atoms with E-state index in [1.165, 1.54) is 0 Å². The second kappa shape index (κ2) is 4.65. The molecule has 0 atom stereocenters. The molecule has 0 bridgehead atoms. The van der Waals surface area contributed by atoms with Crippen molar-refractivity contribution in [2.75, 3.05) is 18.5 Å². The molecule has 82 valence electrons. The molecule has 0 aliphatic rings. The van der Waals surface area contributed by atoms with E-state index in [1.807, 2.05) is 0 Å². The molecule has 0 radical (unpaired) electrons. The van der Waals surface area contributed by atoms with Gasteiger partial charge in [0.05, 0.1) is 11.5 Å². The molecule has 5 nitrogen and oxygen atoms in total. The van der Waals surface area contributed by atoms with Gasteiger partial charge >= 0.3 is 0 Å². The molecule has 0 fully saturated rings. The number of halogens is 2. The number of hydrogen-bond donors (Lipinski definition) is 2. The van der Waals surface area contributed by atoms with E-state index in [-0.39, 0.29) is 13.2 Å². The van der Waals surface area contributed by atoms with Crippen molar-refractivity contribution in [2.24, 2.45) is 0 Å². The fourth-order valence-corrected chi connectivity index (χ4v) is 1.04. The number of aliphatic hydroxyl groups excluding tert-OH is 1. The first-order valence-corrected chi connectivity index (χ1v) is 4.05. The molecule has 0 saturated heterocycles. The van der Waals surface area contributed by atoms with Crippen LogP contribution in [-0.4, -0.2) is 23.2 Å². The lowest BCUT2D eigenvalue weighted by Gasteiger charge is -2.06. The highest BCUT2D eigenvalue weighted by Crippen LogP contribution is 2.28. The lowest BCUT2D eigenvalue weighted by atomic mass is 10.2. The summed E-state index contributed by atoms with van der Waals surface area (Å²) in [7, 11) is 0. The van der Waals surface area contributed by atoms with E-state index in [0.717, 1.165) is 6.07 Å². The highest BCUT2D eigenvalue weighted by Gasteiger charge is 2.20. The Balaban J connectivity index is 3.16. The number of benzene rings is 1. The second-order valence-corrected chi connectivity index (χ2v) is 2.66. The third kappa shape index (κ3) is 2.38. The number of anilines is 1. The highest BCUT2D eigenvalue weighted by molar-refractivity contribution is 5.62. The maximum Gasteiger partial charge on any atom is 0.295 e. The average Bonchev–Trinajstić information content (AvgIpc) is 2.19. The predicted octanol–water partition coefficient (Wildman–Crippen LogP) is 1.28. The molecule has 1 aromatic rings. The normalized spacial score (nSPS) is 10.1. The van der Waals surface area contributed by atoms with Crippen LogP contribution in [-0.2, 0) is 0 Å². The van der Waals surface area contributed by atoms with Crippen LogP contribution in [0.5, 0.6) is 0 Å². The number of nitro benzene ring substituents is 1. The van der Waals surface area contributed by atoms with E-state index in [0.29, 0.717) is 6.07 Å². The number of nitrogens with zero attached hydrogens (tertiary/aromatic N) is 1. The standard InChI is InChI=1S/C8H8F2N2O3/c9-5-1-2-6(12(14)15)8(7(5)10)11-3-4-13/h1-2,11,13H,3-4H2. The summed E-state index contributed by atoms with van der Waals surface area (Å²) in [5.41, 5.74) is -1.11. The van der Waals surface area contributed by atoms with Crippen molar-refractivity contribution in [3.8, 4) is 0 Å². The zero-order valence-corrected chi connectivity index (χ0v) is 7.54. The van der Waals surface area contributed by atoms with E-state index < -0.39 is 27.9 Å². The molecule has 0 aliphatic carbocycles. The summed E-state index contributed by atoms with van der Waals surface area (Å²) in [6.07, 6.45) is 0. The van der Waals surface area contributed by atoms with Crippen molar-refractivity contribution in [3.05, 3.63) is 33.9 Å². The summed E-state index contributed by atoms with van der Waals surface area (Å²) in [6.45, 7) is -0.436. The molecule has 0 aliphatic heterocycles. The van der Waals surface area contributed by atoms with E-state index in [2.05, 4.69) is 5.32 Å². The summed E-state index contributed by atoms with van der Waals surface area (Å²) in [4.78, 5) is 9.63. The Labute approximate surface area is 83.5 Å². The zero-order valence-electron chi connectivity index (χ0n) is 7.54. The van der Waals surface area contributed by atoms with E-state index in [1.54, 1.807) is 0 Å². The quantitative estimate of drug-likeness (QED) is 0.589. The maximum atomic E-state index is 13.1. The van der Waals surface area contributed by atoms with Gasteiger partial charge in [-0.15, -0.1) is 0 Å². The van der Waals surface area contributed by atoms with Gasteiger partial charge in [-0.1, -0.05) is 0 Å². The third-order valence-electron chi connectivity index (χ3n) is 1.68. The van der Waals surface area contributed by atoms with Gasteiger partial charge < -0.3 is 10.4 Å². The van der Waals surface area contributed by atoms with E-state index >= 15 is 0 Å². The van der Waals surface area contributed by atoms with Gasteiger partial charge in [-0.2, -0.15) is 0 Å². The molecule has 0 spiro atoms. The molecule has 15 heavy (non-hydrogen) atoms. The molecule has 0 aromatic heterocycles. The van der Waals surface area contributed by atoms with Crippen LogP contribution in [0.25, 0.3) is 0 Å². The van der Waals surface area contributed by atoms with Crippen molar-refractivity contribution in [2.45, 2.75) is 0 Å². The molecule has 1 rings (SSSR count). The van der Waals surface area contributed by atoms with Crippen molar-refractivity contribution >= 4 is 11.4 Å². The number of nitro groups is 1. The first kappa shape index (κ1) is 11.3. The molecule has 7 heteroatoms. The minimum atomic E-state index is -1.32. The Morgan fingerprint density at radius 1 is 1.47 bits per heavy atom. The van der Waals surface area contributed by atoms with Crippen molar-refractivity contribution in [3.63, 3.8) is 0 Å². The lowest BCUT2D eigenvalue weighted by Crippen LogP contribution is -2.10. The van der Waals surface area contributed by atoms with Crippen LogP contribution < -0.4 is 5.32 Å². The zero-order chi connectivity index (χ0) is 11.4. The van der Waals surface area contributed by atoms with Crippen LogP contribution in [0.15, 0.2) is 12.1 Å². The van der Waals surface area contributed by atoms with Gasteiger partial charge in [0.1, 0.15) is 0 Å². The van der Waals surface area contributed by atoms with Crippen molar-refractivity contribution < 1.29 is 18.8 Å². The summed E-state index contributed by atoms with van der Waals surface area (Å²) >= 11 is 0. The fourth-order valence-electron chi connectivity index (χ4n) is 1.04. The topological polar surface area (TPSA) is 75.4 Å². The van der Waals surface area contributed by atoms with E-state index in [9.17, 15) is 18.9 Å². The van der Waals surface area contributed by atoms with Gasteiger partial charge in [-0.25, -0.2) is 8.78 Å². The van der Waals surface area contributed by atoms with Crippen LogP contribution in [0.4, 0.5) is 20.2 Å². The molecule has 0 unspecified atom stereocenters. The number of nitrogens with one attached hydrogen (secondary N) is 1. The average molecular weight is 218 g/mol. The number of rotatable bonds is 4. The highest BCUT2D eigenvalue weighted by atomic mass is 19.2. The molecule has 1 aromatic carbocycles. The lowest BCUT2D eigenvalue weighted by molar-refractivity contribution is -0.384. The Morgan fingerprint density at radius 2 is 2.13 bits per heavy atom. The molecule has 0 heterocycles. The Morgan fingerprint density at radius 3 is 2.67 bits per heavy atom. The summed E-state index contributed by atoms with van der Waals surface area (Å²) in [5.74, 6) is -2.50. The Hall–Kier alpha value is -1.76. The van der Waals surface area contributed by atoms with Gasteiger partial charge in [-0.3, -0.25) is 10.1 Å². The van der Waals surface area contributed by atoms with Crippen LogP contribution in [0, 0.1) is 21.7 Å².